The molecule has 0 bridgehead atoms. The lowest BCUT2D eigenvalue weighted by Gasteiger charge is -2.22. The molecule has 134 valence electrons. The van der Waals surface area contributed by atoms with E-state index >= 15 is 0 Å². The summed E-state index contributed by atoms with van der Waals surface area (Å²) in [5, 5.41) is 6.26. The van der Waals surface area contributed by atoms with E-state index in [0.29, 0.717) is 24.9 Å². The van der Waals surface area contributed by atoms with Crippen LogP contribution in [0.25, 0.3) is 11.0 Å². The minimum absolute atomic E-state index is 0. The quantitative estimate of drug-likeness (QED) is 0.727. The van der Waals surface area contributed by atoms with Gasteiger partial charge in [0.15, 0.2) is 0 Å². The minimum atomic E-state index is -0.283. The number of H-pyrrole nitrogens is 1. The maximum atomic E-state index is 13.1. The topological polar surface area (TPSA) is 69.8 Å². The molecule has 5 nitrogen and oxygen atoms in total. The molecule has 3 N–H and O–H groups in total. The number of halogens is 3. The van der Waals surface area contributed by atoms with Gasteiger partial charge in [0.25, 0.3) is 0 Å². The van der Waals surface area contributed by atoms with Crippen molar-refractivity contribution in [3.8, 4) is 0 Å². The second kappa shape index (κ2) is 10.1. The third-order valence-corrected chi connectivity index (χ3v) is 4.74. The maximum absolute atomic E-state index is 13.1. The number of aromatic nitrogens is 2. The van der Waals surface area contributed by atoms with Crippen LogP contribution in [0.3, 0.4) is 0 Å². The van der Waals surface area contributed by atoms with Gasteiger partial charge >= 0.3 is 0 Å². The predicted molar refractivity (Wildman–Crippen MR) is 101 cm³/mol. The molecule has 0 aliphatic carbocycles. The number of thioether (sulfide) groups is 1. The molecule has 2 aromatic rings. The summed E-state index contributed by atoms with van der Waals surface area (Å²) < 4.78 is 13.1. The highest BCUT2D eigenvalue weighted by Crippen LogP contribution is 2.13. The van der Waals surface area contributed by atoms with Crippen LogP contribution in [0.15, 0.2) is 18.2 Å². The molecule has 0 spiro atoms. The van der Waals surface area contributed by atoms with Gasteiger partial charge in [0.05, 0.1) is 11.0 Å². The summed E-state index contributed by atoms with van der Waals surface area (Å²) in [5.41, 5.74) is 1.43. The number of aromatic amines is 1. The van der Waals surface area contributed by atoms with E-state index in [0.717, 1.165) is 29.4 Å². The lowest BCUT2D eigenvalue weighted by atomic mass is 10.2. The Labute approximate surface area is 156 Å². The van der Waals surface area contributed by atoms with E-state index < -0.39 is 0 Å². The Morgan fingerprint density at radius 3 is 3.00 bits per heavy atom. The monoisotopic (exact) mass is 394 g/mol. The van der Waals surface area contributed by atoms with Gasteiger partial charge in [-0.3, -0.25) is 4.79 Å². The van der Waals surface area contributed by atoms with Crippen LogP contribution in [0.1, 0.15) is 12.2 Å². The van der Waals surface area contributed by atoms with Gasteiger partial charge < -0.3 is 15.6 Å². The number of rotatable bonds is 5. The lowest BCUT2D eigenvalue weighted by molar-refractivity contribution is -0.121. The van der Waals surface area contributed by atoms with Crippen molar-refractivity contribution < 1.29 is 9.18 Å². The molecule has 1 unspecified atom stereocenters. The Morgan fingerprint density at radius 1 is 1.42 bits per heavy atom. The smallest absolute Gasteiger partial charge is 0.221 e. The first-order chi connectivity index (χ1) is 10.7. The molecule has 1 atom stereocenters. The van der Waals surface area contributed by atoms with Crippen LogP contribution >= 0.6 is 36.6 Å². The number of hydrogen-bond acceptors (Lipinski definition) is 4. The first kappa shape index (κ1) is 21.0. The van der Waals surface area contributed by atoms with Crippen molar-refractivity contribution in [2.75, 3.05) is 24.6 Å². The Balaban J connectivity index is 0.00000144. The molecule has 1 aliphatic rings. The molecule has 0 saturated carbocycles. The van der Waals surface area contributed by atoms with E-state index in [1.54, 1.807) is 6.07 Å². The SMILES string of the molecule is Cl.Cl.O=C(CC1CSCCN1)NCCc1nc2ccc(F)cc2[nH]1. The molecular formula is C15H21Cl2FN4OS. The highest BCUT2D eigenvalue weighted by Gasteiger charge is 2.16. The van der Waals surface area contributed by atoms with Crippen molar-refractivity contribution in [1.29, 1.82) is 0 Å². The van der Waals surface area contributed by atoms with E-state index in [-0.39, 0.29) is 42.6 Å². The normalized spacial score (nSPS) is 17.0. The molecule has 2 heterocycles. The van der Waals surface area contributed by atoms with Crippen LogP contribution in [-0.4, -0.2) is 46.5 Å². The Morgan fingerprint density at radius 2 is 2.25 bits per heavy atom. The van der Waals surface area contributed by atoms with Crippen molar-refractivity contribution in [2.24, 2.45) is 0 Å². The molecule has 1 aromatic carbocycles. The fraction of sp³-hybridized carbons (Fsp3) is 0.467. The highest BCUT2D eigenvalue weighted by molar-refractivity contribution is 7.99. The Kier molecular flexibility index (Phi) is 8.83. The summed E-state index contributed by atoms with van der Waals surface area (Å²) in [7, 11) is 0. The van der Waals surface area contributed by atoms with E-state index in [4.69, 9.17) is 0 Å². The number of nitrogens with zero attached hydrogens (tertiary/aromatic N) is 1. The number of benzene rings is 1. The van der Waals surface area contributed by atoms with Crippen LogP contribution in [0.2, 0.25) is 0 Å². The molecule has 24 heavy (non-hydrogen) atoms. The maximum Gasteiger partial charge on any atom is 0.221 e. The van der Waals surface area contributed by atoms with Crippen molar-refractivity contribution in [2.45, 2.75) is 18.9 Å². The van der Waals surface area contributed by atoms with Gasteiger partial charge in [-0.2, -0.15) is 11.8 Å². The zero-order chi connectivity index (χ0) is 15.4. The number of hydrogen-bond donors (Lipinski definition) is 3. The minimum Gasteiger partial charge on any atom is -0.356 e. The number of carbonyl (C=O) groups is 1. The zero-order valence-electron chi connectivity index (χ0n) is 13.0. The molecule has 1 aromatic heterocycles. The zero-order valence-corrected chi connectivity index (χ0v) is 15.5. The number of amides is 1. The molecule has 3 rings (SSSR count). The fourth-order valence-corrected chi connectivity index (χ4v) is 3.47. The first-order valence-corrected chi connectivity index (χ1v) is 8.58. The predicted octanol–water partition coefficient (Wildman–Crippen LogP) is 2.30. The largest absolute Gasteiger partial charge is 0.356 e. The summed E-state index contributed by atoms with van der Waals surface area (Å²) in [6.45, 7) is 1.50. The molecular weight excluding hydrogens is 374 g/mol. The van der Waals surface area contributed by atoms with Gasteiger partial charge in [-0.1, -0.05) is 0 Å². The molecule has 9 heteroatoms. The second-order valence-electron chi connectivity index (χ2n) is 5.38. The van der Waals surface area contributed by atoms with Crippen LogP contribution in [0, 0.1) is 5.82 Å². The van der Waals surface area contributed by atoms with Crippen LogP contribution in [0.4, 0.5) is 4.39 Å². The van der Waals surface area contributed by atoms with Gasteiger partial charge in [0.1, 0.15) is 11.6 Å². The summed E-state index contributed by atoms with van der Waals surface area (Å²) in [6, 6.07) is 4.74. The van der Waals surface area contributed by atoms with Crippen molar-refractivity contribution >= 4 is 53.5 Å². The number of carbonyl (C=O) groups excluding carboxylic acids is 1. The molecule has 1 amide bonds. The summed E-state index contributed by atoms with van der Waals surface area (Å²) in [6.07, 6.45) is 1.12. The van der Waals surface area contributed by atoms with Gasteiger partial charge in [-0.15, -0.1) is 24.8 Å². The van der Waals surface area contributed by atoms with Crippen molar-refractivity contribution in [1.82, 2.24) is 20.6 Å². The van der Waals surface area contributed by atoms with Crippen molar-refractivity contribution in [3.05, 3.63) is 29.8 Å². The van der Waals surface area contributed by atoms with Gasteiger partial charge in [0.2, 0.25) is 5.91 Å². The van der Waals surface area contributed by atoms with Crippen LogP contribution in [-0.2, 0) is 11.2 Å². The van der Waals surface area contributed by atoms with Gasteiger partial charge in [-0.05, 0) is 18.2 Å². The summed E-state index contributed by atoms with van der Waals surface area (Å²) in [5.74, 6) is 2.64. The average molecular weight is 395 g/mol. The Bertz CT molecular complexity index is 664. The van der Waals surface area contributed by atoms with E-state index in [1.165, 1.54) is 12.1 Å². The van der Waals surface area contributed by atoms with Gasteiger partial charge in [0, 0.05) is 43.5 Å². The van der Waals surface area contributed by atoms with Crippen LogP contribution in [0.5, 0.6) is 0 Å². The average Bonchev–Trinajstić information content (AvgIpc) is 2.90. The number of imidazole rings is 1. The molecule has 1 fully saturated rings. The Hall–Kier alpha value is -1.02. The van der Waals surface area contributed by atoms with Crippen molar-refractivity contribution in [3.63, 3.8) is 0 Å². The van der Waals surface area contributed by atoms with Crippen LogP contribution < -0.4 is 10.6 Å². The second-order valence-corrected chi connectivity index (χ2v) is 6.52. The fourth-order valence-electron chi connectivity index (χ4n) is 2.52. The van der Waals surface area contributed by atoms with E-state index in [9.17, 15) is 9.18 Å². The third-order valence-electron chi connectivity index (χ3n) is 3.61. The number of nitrogens with one attached hydrogen (secondary N) is 3. The summed E-state index contributed by atoms with van der Waals surface area (Å²) >= 11 is 1.88. The highest BCUT2D eigenvalue weighted by atomic mass is 35.5. The number of fused-ring (bicyclic) bond motifs is 1. The van der Waals surface area contributed by atoms with E-state index in [1.807, 2.05) is 11.8 Å². The molecule has 0 radical (unpaired) electrons. The molecule has 1 aliphatic heterocycles. The van der Waals surface area contributed by atoms with E-state index in [2.05, 4.69) is 20.6 Å². The molecule has 1 saturated heterocycles. The lowest BCUT2D eigenvalue weighted by Crippen LogP contribution is -2.41. The third kappa shape index (κ3) is 5.81. The summed E-state index contributed by atoms with van der Waals surface area (Å²) in [4.78, 5) is 19.3. The van der Waals surface area contributed by atoms with Gasteiger partial charge in [-0.25, -0.2) is 9.37 Å². The first-order valence-electron chi connectivity index (χ1n) is 7.43. The standard InChI is InChI=1S/C15H19FN4OS.2ClH/c16-10-1-2-12-13(7-10)20-14(19-12)3-4-18-15(21)8-11-9-22-6-5-17-11;;/h1-2,7,11,17H,3-6,8-9H2,(H,18,21)(H,19,20);2*1H.